The summed E-state index contributed by atoms with van der Waals surface area (Å²) in [5, 5.41) is 9.99. The van der Waals surface area contributed by atoms with Crippen LogP contribution >= 0.6 is 0 Å². The summed E-state index contributed by atoms with van der Waals surface area (Å²) in [6.45, 7) is 3.58. The number of pyridine rings is 1. The van der Waals surface area contributed by atoms with E-state index in [1.165, 1.54) is 89.9 Å². The van der Waals surface area contributed by atoms with Gasteiger partial charge in [-0.3, -0.25) is 0 Å². The van der Waals surface area contributed by atoms with Crippen molar-refractivity contribution in [1.29, 1.82) is 0 Å². The SMILES string of the molecule is CCCCCCCCCCCCCCCCCC(O)OCCC(N)C[n+]1ccccc1.[Cl-]. The molecule has 2 unspecified atom stereocenters. The van der Waals surface area contributed by atoms with Gasteiger partial charge in [0, 0.05) is 12.1 Å². The van der Waals surface area contributed by atoms with E-state index >= 15 is 0 Å². The number of aliphatic hydroxyl groups excluding tert-OH is 1. The molecule has 0 amide bonds. The van der Waals surface area contributed by atoms with Gasteiger partial charge in [-0.1, -0.05) is 103 Å². The molecule has 0 aliphatic rings. The average molecular weight is 471 g/mol. The molecule has 1 heterocycles. The van der Waals surface area contributed by atoms with Gasteiger partial charge in [0.2, 0.25) is 0 Å². The second kappa shape index (κ2) is 23.5. The third-order valence-electron chi connectivity index (χ3n) is 6.08. The fraction of sp³-hybridized carbons (Fsp3) is 0.815. The van der Waals surface area contributed by atoms with Crippen molar-refractivity contribution in [1.82, 2.24) is 0 Å². The van der Waals surface area contributed by atoms with Crippen LogP contribution in [0, 0.1) is 0 Å². The van der Waals surface area contributed by atoms with Crippen LogP contribution in [-0.4, -0.2) is 24.0 Å². The first-order valence-electron chi connectivity index (χ1n) is 13.2. The zero-order valence-electron chi connectivity index (χ0n) is 20.7. The molecule has 0 spiro atoms. The van der Waals surface area contributed by atoms with Crippen molar-refractivity contribution >= 4 is 0 Å². The summed E-state index contributed by atoms with van der Waals surface area (Å²) in [5.41, 5.74) is 6.15. The molecule has 4 nitrogen and oxygen atoms in total. The lowest BCUT2D eigenvalue weighted by Gasteiger charge is -2.13. The molecule has 32 heavy (non-hydrogen) atoms. The van der Waals surface area contributed by atoms with Gasteiger partial charge < -0.3 is 28.0 Å². The van der Waals surface area contributed by atoms with E-state index in [2.05, 4.69) is 11.5 Å². The fourth-order valence-corrected chi connectivity index (χ4v) is 4.05. The van der Waals surface area contributed by atoms with Crippen LogP contribution in [0.2, 0.25) is 0 Å². The van der Waals surface area contributed by atoms with Crippen LogP contribution < -0.4 is 22.7 Å². The second-order valence-corrected chi connectivity index (χ2v) is 9.18. The van der Waals surface area contributed by atoms with Gasteiger partial charge in [-0.25, -0.2) is 4.57 Å². The number of aliphatic hydroxyl groups is 1. The van der Waals surface area contributed by atoms with Crippen LogP contribution in [0.1, 0.15) is 116 Å². The Morgan fingerprint density at radius 3 is 1.69 bits per heavy atom. The van der Waals surface area contributed by atoms with Crippen molar-refractivity contribution in [2.45, 2.75) is 135 Å². The van der Waals surface area contributed by atoms with E-state index in [9.17, 15) is 5.11 Å². The third kappa shape index (κ3) is 20.0. The largest absolute Gasteiger partial charge is 1.00 e. The van der Waals surface area contributed by atoms with Crippen molar-refractivity contribution in [2.75, 3.05) is 6.61 Å². The van der Waals surface area contributed by atoms with Gasteiger partial charge in [0.25, 0.3) is 0 Å². The fourth-order valence-electron chi connectivity index (χ4n) is 4.05. The van der Waals surface area contributed by atoms with Gasteiger partial charge in [0.1, 0.15) is 0 Å². The summed E-state index contributed by atoms with van der Waals surface area (Å²) in [4.78, 5) is 0. The summed E-state index contributed by atoms with van der Waals surface area (Å²) < 4.78 is 7.62. The first kappa shape index (κ1) is 31.3. The van der Waals surface area contributed by atoms with E-state index in [4.69, 9.17) is 10.5 Å². The van der Waals surface area contributed by atoms with Gasteiger partial charge in [0.05, 0.1) is 12.6 Å². The molecule has 0 saturated carbocycles. The minimum Gasteiger partial charge on any atom is -1.00 e. The van der Waals surface area contributed by atoms with Crippen LogP contribution in [0.15, 0.2) is 30.6 Å². The Kier molecular flexibility index (Phi) is 23.0. The highest BCUT2D eigenvalue weighted by atomic mass is 35.5. The Labute approximate surface area is 204 Å². The smallest absolute Gasteiger partial charge is 0.168 e. The van der Waals surface area contributed by atoms with Crippen molar-refractivity contribution in [3.05, 3.63) is 30.6 Å². The van der Waals surface area contributed by atoms with Gasteiger partial charge in [-0.05, 0) is 19.3 Å². The molecule has 0 aliphatic carbocycles. The van der Waals surface area contributed by atoms with Crippen molar-refractivity contribution < 1.29 is 26.8 Å². The van der Waals surface area contributed by atoms with Crippen LogP contribution in [-0.2, 0) is 11.3 Å². The molecule has 1 aromatic rings. The molecule has 0 fully saturated rings. The molecule has 0 aromatic carbocycles. The lowest BCUT2D eigenvalue weighted by atomic mass is 10.0. The van der Waals surface area contributed by atoms with Crippen LogP contribution in [0.5, 0.6) is 0 Å². The molecule has 0 radical (unpaired) electrons. The Bertz CT molecular complexity index is 490. The topological polar surface area (TPSA) is 59.4 Å². The normalized spacial score (nSPS) is 13.0. The maximum atomic E-state index is 9.99. The van der Waals surface area contributed by atoms with E-state index in [0.717, 1.165) is 25.8 Å². The number of unbranched alkanes of at least 4 members (excludes halogenated alkanes) is 14. The number of rotatable bonds is 22. The summed E-state index contributed by atoms with van der Waals surface area (Å²) in [5.74, 6) is 0. The zero-order valence-corrected chi connectivity index (χ0v) is 21.5. The standard InChI is InChI=1S/C27H51N2O2.ClH/c1-2-3-4-5-6-7-8-9-10-11-12-13-14-15-17-20-27(30)31-24-21-26(28)25-29-22-18-16-19-23-29;/h16,18-19,22-23,26-27,30H,2-15,17,20-21,24-25,28H2,1H3;1H/q+1;/p-1. The Morgan fingerprint density at radius 2 is 1.19 bits per heavy atom. The van der Waals surface area contributed by atoms with E-state index in [0.29, 0.717) is 6.61 Å². The summed E-state index contributed by atoms with van der Waals surface area (Å²) in [6.07, 6.45) is 25.3. The lowest BCUT2D eigenvalue weighted by molar-refractivity contribution is -0.698. The number of nitrogens with zero attached hydrogens (tertiary/aromatic N) is 1. The number of ether oxygens (including phenoxy) is 1. The van der Waals surface area contributed by atoms with E-state index in [1.807, 2.05) is 30.6 Å². The van der Waals surface area contributed by atoms with Gasteiger partial charge in [-0.15, -0.1) is 0 Å². The Morgan fingerprint density at radius 1 is 0.719 bits per heavy atom. The van der Waals surface area contributed by atoms with Crippen molar-refractivity contribution in [3.63, 3.8) is 0 Å². The van der Waals surface area contributed by atoms with E-state index in [-0.39, 0.29) is 18.4 Å². The van der Waals surface area contributed by atoms with Crippen molar-refractivity contribution in [2.24, 2.45) is 5.73 Å². The second-order valence-electron chi connectivity index (χ2n) is 9.18. The number of hydrogen-bond acceptors (Lipinski definition) is 3. The Hall–Kier alpha value is -0.680. The molecular weight excluding hydrogens is 420 g/mol. The van der Waals surface area contributed by atoms with E-state index < -0.39 is 6.29 Å². The summed E-state index contributed by atoms with van der Waals surface area (Å²) >= 11 is 0. The van der Waals surface area contributed by atoms with Gasteiger partial charge >= 0.3 is 0 Å². The number of halogens is 1. The highest BCUT2D eigenvalue weighted by Crippen LogP contribution is 2.14. The highest BCUT2D eigenvalue weighted by Gasteiger charge is 2.10. The first-order chi connectivity index (χ1) is 15.2. The highest BCUT2D eigenvalue weighted by molar-refractivity contribution is 4.83. The molecule has 0 aliphatic heterocycles. The monoisotopic (exact) mass is 470 g/mol. The van der Waals surface area contributed by atoms with Crippen molar-refractivity contribution in [3.8, 4) is 0 Å². The minimum atomic E-state index is -0.640. The predicted octanol–water partition coefficient (Wildman–Crippen LogP) is 3.29. The molecule has 0 bridgehead atoms. The lowest BCUT2D eigenvalue weighted by Crippen LogP contribution is -3.00. The molecule has 2 atom stereocenters. The van der Waals surface area contributed by atoms with Gasteiger partial charge in [0.15, 0.2) is 25.2 Å². The third-order valence-corrected chi connectivity index (χ3v) is 6.08. The summed E-state index contributed by atoms with van der Waals surface area (Å²) in [7, 11) is 0. The molecule has 3 N–H and O–H groups in total. The molecular formula is C27H51ClN2O2. The molecule has 5 heteroatoms. The summed E-state index contributed by atoms with van der Waals surface area (Å²) in [6, 6.07) is 6.05. The number of hydrogen-bond donors (Lipinski definition) is 2. The number of aromatic nitrogens is 1. The quantitative estimate of drug-likeness (QED) is 0.155. The predicted molar refractivity (Wildman–Crippen MR) is 131 cm³/mol. The maximum absolute atomic E-state index is 9.99. The average Bonchev–Trinajstić information content (AvgIpc) is 2.77. The molecule has 0 saturated heterocycles. The first-order valence-corrected chi connectivity index (χ1v) is 13.2. The maximum Gasteiger partial charge on any atom is 0.168 e. The van der Waals surface area contributed by atoms with E-state index in [1.54, 1.807) is 0 Å². The van der Waals surface area contributed by atoms with Crippen LogP contribution in [0.3, 0.4) is 0 Å². The zero-order chi connectivity index (χ0) is 22.4. The van der Waals surface area contributed by atoms with Crippen LogP contribution in [0.25, 0.3) is 0 Å². The minimum absolute atomic E-state index is 0. The number of nitrogens with two attached hydrogens (primary N) is 1. The van der Waals surface area contributed by atoms with Crippen LogP contribution in [0.4, 0.5) is 0 Å². The Balaban J connectivity index is 0.00000961. The molecule has 188 valence electrons. The molecule has 1 aromatic heterocycles. The molecule has 1 rings (SSSR count). The van der Waals surface area contributed by atoms with Gasteiger partial charge in [-0.2, -0.15) is 0 Å².